The van der Waals surface area contributed by atoms with Gasteiger partial charge in [-0.3, -0.25) is 0 Å². The highest BCUT2D eigenvalue weighted by Gasteiger charge is 2.24. The van der Waals surface area contributed by atoms with E-state index in [9.17, 15) is 5.11 Å². The number of hydrogen-bond acceptors (Lipinski definition) is 5. The SMILES string of the molecule is Nc1ccc2c(N3CCCCC3CCO)ncnc2c1. The van der Waals surface area contributed by atoms with E-state index in [0.717, 1.165) is 36.1 Å². The van der Waals surface area contributed by atoms with Crippen molar-refractivity contribution in [3.63, 3.8) is 0 Å². The Morgan fingerprint density at radius 3 is 3.05 bits per heavy atom. The van der Waals surface area contributed by atoms with Gasteiger partial charge in [-0.2, -0.15) is 0 Å². The first-order valence-corrected chi connectivity index (χ1v) is 7.17. The molecule has 0 spiro atoms. The summed E-state index contributed by atoms with van der Waals surface area (Å²) in [5.41, 5.74) is 7.41. The summed E-state index contributed by atoms with van der Waals surface area (Å²) in [5, 5.41) is 10.3. The molecule has 0 amide bonds. The lowest BCUT2D eigenvalue weighted by atomic mass is 9.99. The fourth-order valence-electron chi connectivity index (χ4n) is 3.02. The minimum atomic E-state index is 0.219. The number of aliphatic hydroxyl groups excluding tert-OH is 1. The van der Waals surface area contributed by atoms with Crippen LogP contribution < -0.4 is 10.6 Å². The van der Waals surface area contributed by atoms with E-state index in [1.807, 2.05) is 18.2 Å². The molecule has 0 saturated carbocycles. The summed E-state index contributed by atoms with van der Waals surface area (Å²) in [7, 11) is 0. The lowest BCUT2D eigenvalue weighted by Crippen LogP contribution is -2.40. The van der Waals surface area contributed by atoms with Crippen molar-refractivity contribution >= 4 is 22.4 Å². The highest BCUT2D eigenvalue weighted by molar-refractivity contribution is 5.91. The molecular weight excluding hydrogens is 252 g/mol. The van der Waals surface area contributed by atoms with Crippen LogP contribution in [-0.4, -0.2) is 34.3 Å². The van der Waals surface area contributed by atoms with Gasteiger partial charge in [-0.15, -0.1) is 0 Å². The lowest BCUT2D eigenvalue weighted by Gasteiger charge is -2.37. The third kappa shape index (κ3) is 2.41. The maximum atomic E-state index is 9.26. The van der Waals surface area contributed by atoms with Gasteiger partial charge in [0.25, 0.3) is 0 Å². The number of nitrogens with zero attached hydrogens (tertiary/aromatic N) is 3. The number of piperidine rings is 1. The normalized spacial score (nSPS) is 19.4. The van der Waals surface area contributed by atoms with Gasteiger partial charge in [0.1, 0.15) is 12.1 Å². The topological polar surface area (TPSA) is 75.3 Å². The predicted octanol–water partition coefficient (Wildman–Crippen LogP) is 1.95. The summed E-state index contributed by atoms with van der Waals surface area (Å²) in [6, 6.07) is 6.13. The molecule has 1 aliphatic heterocycles. The molecule has 2 aromatic rings. The molecule has 5 nitrogen and oxygen atoms in total. The molecule has 0 aliphatic carbocycles. The smallest absolute Gasteiger partial charge is 0.140 e. The minimum Gasteiger partial charge on any atom is -0.399 e. The Morgan fingerprint density at radius 1 is 1.30 bits per heavy atom. The first-order chi connectivity index (χ1) is 9.79. The van der Waals surface area contributed by atoms with Crippen molar-refractivity contribution in [3.8, 4) is 0 Å². The van der Waals surface area contributed by atoms with Crippen molar-refractivity contribution in [3.05, 3.63) is 24.5 Å². The molecule has 3 N–H and O–H groups in total. The third-order valence-electron chi connectivity index (χ3n) is 4.00. The zero-order chi connectivity index (χ0) is 13.9. The van der Waals surface area contributed by atoms with E-state index >= 15 is 0 Å². The molecule has 1 aliphatic rings. The molecular formula is C15H20N4O. The zero-order valence-corrected chi connectivity index (χ0v) is 11.5. The summed E-state index contributed by atoms with van der Waals surface area (Å²) >= 11 is 0. The Bertz CT molecular complexity index is 599. The molecule has 5 heteroatoms. The molecule has 0 radical (unpaired) electrons. The number of rotatable bonds is 3. The Kier molecular flexibility index (Phi) is 3.69. The van der Waals surface area contributed by atoms with Crippen molar-refractivity contribution in [2.75, 3.05) is 23.8 Å². The van der Waals surface area contributed by atoms with Gasteiger partial charge in [-0.05, 0) is 43.9 Å². The van der Waals surface area contributed by atoms with E-state index in [0.29, 0.717) is 11.7 Å². The van der Waals surface area contributed by atoms with Crippen LogP contribution in [0.5, 0.6) is 0 Å². The van der Waals surface area contributed by atoms with Gasteiger partial charge in [0.2, 0.25) is 0 Å². The summed E-state index contributed by atoms with van der Waals surface area (Å²) < 4.78 is 0. The molecule has 1 fully saturated rings. The quantitative estimate of drug-likeness (QED) is 0.835. The number of aromatic nitrogens is 2. The number of hydrogen-bond donors (Lipinski definition) is 2. The molecule has 20 heavy (non-hydrogen) atoms. The lowest BCUT2D eigenvalue weighted by molar-refractivity contribution is 0.262. The highest BCUT2D eigenvalue weighted by atomic mass is 16.3. The highest BCUT2D eigenvalue weighted by Crippen LogP contribution is 2.30. The fourth-order valence-corrected chi connectivity index (χ4v) is 3.02. The molecule has 1 unspecified atom stereocenters. The van der Waals surface area contributed by atoms with Gasteiger partial charge in [0.15, 0.2) is 0 Å². The Morgan fingerprint density at radius 2 is 2.20 bits per heavy atom. The zero-order valence-electron chi connectivity index (χ0n) is 11.5. The third-order valence-corrected chi connectivity index (χ3v) is 4.00. The first kappa shape index (κ1) is 13.1. The number of nitrogens with two attached hydrogens (primary N) is 1. The van der Waals surface area contributed by atoms with E-state index in [4.69, 9.17) is 5.73 Å². The van der Waals surface area contributed by atoms with Gasteiger partial charge < -0.3 is 15.7 Å². The Hall–Kier alpha value is -1.88. The van der Waals surface area contributed by atoms with Gasteiger partial charge in [0.05, 0.1) is 5.52 Å². The average molecular weight is 272 g/mol. The predicted molar refractivity (Wildman–Crippen MR) is 80.6 cm³/mol. The molecule has 3 rings (SSSR count). The van der Waals surface area contributed by atoms with Crippen LogP contribution in [0.15, 0.2) is 24.5 Å². The van der Waals surface area contributed by atoms with Gasteiger partial charge in [0, 0.05) is 30.3 Å². The number of anilines is 2. The van der Waals surface area contributed by atoms with Crippen molar-refractivity contribution in [1.82, 2.24) is 9.97 Å². The monoisotopic (exact) mass is 272 g/mol. The molecule has 1 saturated heterocycles. The van der Waals surface area contributed by atoms with E-state index in [1.54, 1.807) is 6.33 Å². The van der Waals surface area contributed by atoms with Crippen LogP contribution >= 0.6 is 0 Å². The molecule has 1 atom stereocenters. The molecule has 1 aromatic carbocycles. The standard InChI is InChI=1S/C15H20N4O/c16-11-4-5-13-14(9-11)17-10-18-15(13)19-7-2-1-3-12(19)6-8-20/h4-5,9-10,12,20H,1-3,6-8,16H2. The largest absolute Gasteiger partial charge is 0.399 e. The van der Waals surface area contributed by atoms with Gasteiger partial charge >= 0.3 is 0 Å². The number of aliphatic hydroxyl groups is 1. The summed E-state index contributed by atoms with van der Waals surface area (Å²) in [4.78, 5) is 11.1. The van der Waals surface area contributed by atoms with Crippen LogP contribution in [0.1, 0.15) is 25.7 Å². The van der Waals surface area contributed by atoms with Crippen LogP contribution in [0.2, 0.25) is 0 Å². The van der Waals surface area contributed by atoms with Crippen LogP contribution in [0, 0.1) is 0 Å². The summed E-state index contributed by atoms with van der Waals surface area (Å²) in [6.45, 7) is 1.21. The van der Waals surface area contributed by atoms with Crippen molar-refractivity contribution in [1.29, 1.82) is 0 Å². The van der Waals surface area contributed by atoms with Crippen molar-refractivity contribution < 1.29 is 5.11 Å². The van der Waals surface area contributed by atoms with Gasteiger partial charge in [-0.1, -0.05) is 0 Å². The van der Waals surface area contributed by atoms with Crippen LogP contribution in [0.4, 0.5) is 11.5 Å². The second-order valence-electron chi connectivity index (χ2n) is 5.33. The van der Waals surface area contributed by atoms with Crippen molar-refractivity contribution in [2.45, 2.75) is 31.7 Å². The molecule has 106 valence electrons. The Labute approximate surface area is 118 Å². The molecule has 1 aromatic heterocycles. The maximum absolute atomic E-state index is 9.26. The number of fused-ring (bicyclic) bond motifs is 1. The van der Waals surface area contributed by atoms with E-state index in [1.165, 1.54) is 12.8 Å². The van der Waals surface area contributed by atoms with Crippen LogP contribution in [-0.2, 0) is 0 Å². The maximum Gasteiger partial charge on any atom is 0.140 e. The average Bonchev–Trinajstić information content (AvgIpc) is 2.47. The molecule has 2 heterocycles. The number of benzene rings is 1. The van der Waals surface area contributed by atoms with Gasteiger partial charge in [-0.25, -0.2) is 9.97 Å². The first-order valence-electron chi connectivity index (χ1n) is 7.17. The van der Waals surface area contributed by atoms with E-state index in [2.05, 4.69) is 14.9 Å². The fraction of sp³-hybridized carbons (Fsp3) is 0.467. The second-order valence-corrected chi connectivity index (χ2v) is 5.33. The summed E-state index contributed by atoms with van der Waals surface area (Å²) in [6.07, 6.45) is 5.89. The second kappa shape index (κ2) is 5.63. The Balaban J connectivity index is 2.03. The van der Waals surface area contributed by atoms with E-state index < -0.39 is 0 Å². The van der Waals surface area contributed by atoms with Crippen LogP contribution in [0.25, 0.3) is 10.9 Å². The molecule has 0 bridgehead atoms. The minimum absolute atomic E-state index is 0.219. The van der Waals surface area contributed by atoms with Crippen LogP contribution in [0.3, 0.4) is 0 Å². The summed E-state index contributed by atoms with van der Waals surface area (Å²) in [5.74, 6) is 0.966. The van der Waals surface area contributed by atoms with Crippen molar-refractivity contribution in [2.24, 2.45) is 0 Å². The number of nitrogen functional groups attached to an aromatic ring is 1. The van der Waals surface area contributed by atoms with E-state index in [-0.39, 0.29) is 6.61 Å².